The van der Waals surface area contributed by atoms with Crippen LogP contribution in [0.3, 0.4) is 0 Å². The molecule has 1 saturated heterocycles. The second-order valence-electron chi connectivity index (χ2n) is 7.27. The standard InChI is InChI=1S/C17H27N3O3/c1-13-7-9-19(11-14(13)20-10-8-18-12-20)15(21)5-6-16(22)23-17(2,3)4/h8,10,12-14H,5-7,9,11H2,1-4H3/t13-,14+/m1/s1. The van der Waals surface area contributed by atoms with E-state index in [0.717, 1.165) is 13.0 Å². The molecule has 2 rings (SSSR count). The van der Waals surface area contributed by atoms with Gasteiger partial charge in [0.1, 0.15) is 5.60 Å². The molecule has 1 aliphatic rings. The summed E-state index contributed by atoms with van der Waals surface area (Å²) >= 11 is 0. The number of likely N-dealkylation sites (tertiary alicyclic amines) is 1. The number of nitrogens with zero attached hydrogens (tertiary/aromatic N) is 3. The van der Waals surface area contributed by atoms with Crippen molar-refractivity contribution in [3.05, 3.63) is 18.7 Å². The van der Waals surface area contributed by atoms with E-state index in [4.69, 9.17) is 4.74 Å². The van der Waals surface area contributed by atoms with E-state index in [9.17, 15) is 9.59 Å². The Morgan fingerprint density at radius 2 is 2.04 bits per heavy atom. The third-order valence-corrected chi connectivity index (χ3v) is 4.14. The summed E-state index contributed by atoms with van der Waals surface area (Å²) in [4.78, 5) is 30.1. The number of imidazole rings is 1. The maximum Gasteiger partial charge on any atom is 0.306 e. The fourth-order valence-electron chi connectivity index (χ4n) is 2.89. The van der Waals surface area contributed by atoms with Crippen LogP contribution in [0.4, 0.5) is 0 Å². The SMILES string of the molecule is C[C@@H]1CCN(C(=O)CCC(=O)OC(C)(C)C)C[C@@H]1n1ccnc1. The van der Waals surface area contributed by atoms with Gasteiger partial charge >= 0.3 is 5.97 Å². The van der Waals surface area contributed by atoms with E-state index < -0.39 is 5.60 Å². The van der Waals surface area contributed by atoms with Gasteiger partial charge in [-0.3, -0.25) is 9.59 Å². The predicted octanol–water partition coefficient (Wildman–Crippen LogP) is 2.41. The maximum atomic E-state index is 12.4. The molecule has 1 aromatic heterocycles. The molecule has 0 bridgehead atoms. The molecule has 23 heavy (non-hydrogen) atoms. The molecule has 0 aliphatic carbocycles. The Balaban J connectivity index is 1.86. The Kier molecular flexibility index (Phi) is 5.44. The van der Waals surface area contributed by atoms with Crippen LogP contribution in [0.1, 0.15) is 53.0 Å². The number of ether oxygens (including phenoxy) is 1. The number of amides is 1. The van der Waals surface area contributed by atoms with E-state index >= 15 is 0 Å². The van der Waals surface area contributed by atoms with Crippen LogP contribution in [0.5, 0.6) is 0 Å². The minimum absolute atomic E-state index is 0.0212. The van der Waals surface area contributed by atoms with Gasteiger partial charge in [-0.2, -0.15) is 0 Å². The Labute approximate surface area is 137 Å². The molecule has 128 valence electrons. The molecule has 0 aromatic carbocycles. The zero-order valence-corrected chi connectivity index (χ0v) is 14.5. The van der Waals surface area contributed by atoms with Crippen LogP contribution < -0.4 is 0 Å². The van der Waals surface area contributed by atoms with Gasteiger partial charge in [-0.25, -0.2) is 4.98 Å². The quantitative estimate of drug-likeness (QED) is 0.799. The van der Waals surface area contributed by atoms with Crippen LogP contribution >= 0.6 is 0 Å². The van der Waals surface area contributed by atoms with Gasteiger partial charge in [0.15, 0.2) is 0 Å². The van der Waals surface area contributed by atoms with Gasteiger partial charge in [-0.05, 0) is 33.1 Å². The summed E-state index contributed by atoms with van der Waals surface area (Å²) in [6, 6.07) is 0.247. The lowest BCUT2D eigenvalue weighted by atomic mass is 9.93. The molecule has 1 amide bonds. The van der Waals surface area contributed by atoms with Gasteiger partial charge in [0, 0.05) is 31.9 Å². The highest BCUT2D eigenvalue weighted by atomic mass is 16.6. The first-order valence-corrected chi connectivity index (χ1v) is 8.23. The van der Waals surface area contributed by atoms with Gasteiger partial charge in [-0.1, -0.05) is 6.92 Å². The Morgan fingerprint density at radius 1 is 1.30 bits per heavy atom. The molecule has 0 radical (unpaired) electrons. The molecule has 1 fully saturated rings. The highest BCUT2D eigenvalue weighted by molar-refractivity contribution is 5.81. The molecule has 6 nitrogen and oxygen atoms in total. The van der Waals surface area contributed by atoms with Crippen molar-refractivity contribution in [1.29, 1.82) is 0 Å². The van der Waals surface area contributed by atoms with Gasteiger partial charge < -0.3 is 14.2 Å². The maximum absolute atomic E-state index is 12.4. The smallest absolute Gasteiger partial charge is 0.306 e. The average molecular weight is 321 g/mol. The molecule has 0 saturated carbocycles. The first-order chi connectivity index (χ1) is 10.8. The third kappa shape index (κ3) is 5.08. The molecule has 0 unspecified atom stereocenters. The number of piperidine rings is 1. The number of hydrogen-bond acceptors (Lipinski definition) is 4. The minimum atomic E-state index is -0.507. The van der Waals surface area contributed by atoms with Crippen molar-refractivity contribution < 1.29 is 14.3 Å². The number of esters is 1. The first kappa shape index (κ1) is 17.5. The van der Waals surface area contributed by atoms with Crippen molar-refractivity contribution in [2.24, 2.45) is 5.92 Å². The zero-order chi connectivity index (χ0) is 17.0. The number of rotatable bonds is 4. The summed E-state index contributed by atoms with van der Waals surface area (Å²) in [5.41, 5.74) is -0.507. The van der Waals surface area contributed by atoms with Crippen LogP contribution in [0, 0.1) is 5.92 Å². The van der Waals surface area contributed by atoms with Crippen molar-refractivity contribution in [2.45, 2.75) is 58.6 Å². The average Bonchev–Trinajstić information content (AvgIpc) is 2.97. The van der Waals surface area contributed by atoms with Crippen molar-refractivity contribution in [1.82, 2.24) is 14.5 Å². The number of hydrogen-bond donors (Lipinski definition) is 0. The van der Waals surface area contributed by atoms with Crippen LogP contribution in [0.25, 0.3) is 0 Å². The lowest BCUT2D eigenvalue weighted by molar-refractivity contribution is -0.156. The van der Waals surface area contributed by atoms with Crippen molar-refractivity contribution in [2.75, 3.05) is 13.1 Å². The molecular formula is C17H27N3O3. The topological polar surface area (TPSA) is 64.4 Å². The highest BCUT2D eigenvalue weighted by Gasteiger charge is 2.30. The monoisotopic (exact) mass is 321 g/mol. The summed E-state index contributed by atoms with van der Waals surface area (Å²) in [6.45, 7) is 9.11. The van der Waals surface area contributed by atoms with E-state index in [1.165, 1.54) is 0 Å². The number of carbonyl (C=O) groups is 2. The second kappa shape index (κ2) is 7.15. The molecule has 1 aliphatic heterocycles. The minimum Gasteiger partial charge on any atom is -0.460 e. The Hall–Kier alpha value is -1.85. The summed E-state index contributed by atoms with van der Waals surface area (Å²) in [5, 5.41) is 0. The third-order valence-electron chi connectivity index (χ3n) is 4.14. The van der Waals surface area contributed by atoms with Gasteiger partial charge in [0.2, 0.25) is 5.91 Å². The van der Waals surface area contributed by atoms with Crippen LogP contribution in [-0.2, 0) is 14.3 Å². The van der Waals surface area contributed by atoms with E-state index in [0.29, 0.717) is 12.5 Å². The van der Waals surface area contributed by atoms with Gasteiger partial charge in [-0.15, -0.1) is 0 Å². The first-order valence-electron chi connectivity index (χ1n) is 8.23. The zero-order valence-electron chi connectivity index (χ0n) is 14.5. The fraction of sp³-hybridized carbons (Fsp3) is 0.706. The second-order valence-corrected chi connectivity index (χ2v) is 7.27. The molecule has 0 spiro atoms. The van der Waals surface area contributed by atoms with E-state index in [-0.39, 0.29) is 30.8 Å². The van der Waals surface area contributed by atoms with Crippen molar-refractivity contribution in [3.8, 4) is 0 Å². The normalized spacial score (nSPS) is 22.0. The molecule has 6 heteroatoms. The summed E-state index contributed by atoms with van der Waals surface area (Å²) in [6.07, 6.45) is 6.81. The fourth-order valence-corrected chi connectivity index (χ4v) is 2.89. The lowest BCUT2D eigenvalue weighted by Gasteiger charge is -2.37. The highest BCUT2D eigenvalue weighted by Crippen LogP contribution is 2.27. The molecule has 2 heterocycles. The van der Waals surface area contributed by atoms with Gasteiger partial charge in [0.25, 0.3) is 0 Å². The Morgan fingerprint density at radius 3 is 2.65 bits per heavy atom. The molecular weight excluding hydrogens is 294 g/mol. The summed E-state index contributed by atoms with van der Waals surface area (Å²) in [7, 11) is 0. The lowest BCUT2D eigenvalue weighted by Crippen LogP contribution is -2.43. The number of carbonyl (C=O) groups excluding carboxylic acids is 2. The van der Waals surface area contributed by atoms with Crippen molar-refractivity contribution >= 4 is 11.9 Å². The van der Waals surface area contributed by atoms with Crippen molar-refractivity contribution in [3.63, 3.8) is 0 Å². The summed E-state index contributed by atoms with van der Waals surface area (Å²) in [5.74, 6) is 0.203. The van der Waals surface area contributed by atoms with Crippen LogP contribution in [-0.4, -0.2) is 45.0 Å². The van der Waals surface area contributed by atoms with Crippen LogP contribution in [0.15, 0.2) is 18.7 Å². The van der Waals surface area contributed by atoms with E-state index in [1.807, 2.05) is 31.9 Å². The van der Waals surface area contributed by atoms with E-state index in [2.05, 4.69) is 16.5 Å². The molecule has 0 N–H and O–H groups in total. The number of aromatic nitrogens is 2. The largest absolute Gasteiger partial charge is 0.460 e. The van der Waals surface area contributed by atoms with Gasteiger partial charge in [0.05, 0.1) is 18.8 Å². The van der Waals surface area contributed by atoms with E-state index in [1.54, 1.807) is 12.5 Å². The molecule has 2 atom stereocenters. The molecule has 1 aromatic rings. The summed E-state index contributed by atoms with van der Waals surface area (Å²) < 4.78 is 7.32. The predicted molar refractivity (Wildman–Crippen MR) is 86.7 cm³/mol. The Bertz CT molecular complexity index is 534. The van der Waals surface area contributed by atoms with Crippen LogP contribution in [0.2, 0.25) is 0 Å².